The lowest BCUT2D eigenvalue weighted by molar-refractivity contribution is -0.384. The molecule has 88 valence electrons. The average molecular weight is 234 g/mol. The molecule has 0 saturated heterocycles. The number of benzene rings is 1. The number of hydrogen-bond donors (Lipinski definition) is 1. The first kappa shape index (κ1) is 11.3. The van der Waals surface area contributed by atoms with Crippen LogP contribution < -0.4 is 4.74 Å². The fraction of sp³-hybridized carbons (Fsp3) is 0.182. The summed E-state index contributed by atoms with van der Waals surface area (Å²) in [4.78, 5) is 14.4. The molecule has 17 heavy (non-hydrogen) atoms. The van der Waals surface area contributed by atoms with E-state index in [4.69, 9.17) is 9.84 Å². The molecule has 0 fully saturated rings. The van der Waals surface area contributed by atoms with Gasteiger partial charge < -0.3 is 9.84 Å². The Bertz CT molecular complexity index is 556. The Balaban J connectivity index is 2.56. The monoisotopic (exact) mass is 234 g/mol. The molecule has 0 spiro atoms. The Hall–Kier alpha value is -2.21. The van der Waals surface area contributed by atoms with E-state index in [1.807, 2.05) is 0 Å². The van der Waals surface area contributed by atoms with Crippen LogP contribution in [0, 0.1) is 10.1 Å². The molecule has 1 aromatic carbocycles. The molecule has 0 radical (unpaired) electrons. The zero-order valence-electron chi connectivity index (χ0n) is 8.87. The number of nitrogens with zero attached hydrogens (tertiary/aromatic N) is 2. The smallest absolute Gasteiger partial charge is 0.273 e. The number of pyridine rings is 1. The Morgan fingerprint density at radius 2 is 2.29 bits per heavy atom. The number of non-ortho nitro benzene ring substituents is 1. The Labute approximate surface area is 96.6 Å². The summed E-state index contributed by atoms with van der Waals surface area (Å²) in [6.45, 7) is -0.0795. The Kier molecular flexibility index (Phi) is 3.15. The van der Waals surface area contributed by atoms with Crippen molar-refractivity contribution in [3.63, 3.8) is 0 Å². The molecule has 0 aliphatic carbocycles. The van der Waals surface area contributed by atoms with Gasteiger partial charge in [0, 0.05) is 17.6 Å². The van der Waals surface area contributed by atoms with Crippen LogP contribution in [0.15, 0.2) is 30.5 Å². The van der Waals surface area contributed by atoms with Crippen molar-refractivity contribution in [2.75, 3.05) is 13.2 Å². The molecule has 2 aromatic rings. The first-order valence-corrected chi connectivity index (χ1v) is 4.99. The van der Waals surface area contributed by atoms with Gasteiger partial charge in [0.2, 0.25) is 0 Å². The van der Waals surface area contributed by atoms with Gasteiger partial charge in [-0.1, -0.05) is 6.07 Å². The second-order valence-electron chi connectivity index (χ2n) is 3.35. The van der Waals surface area contributed by atoms with Crippen LogP contribution in [0.5, 0.6) is 5.75 Å². The van der Waals surface area contributed by atoms with Gasteiger partial charge in [-0.3, -0.25) is 15.1 Å². The molecule has 1 N–H and O–H groups in total. The predicted molar refractivity (Wildman–Crippen MR) is 61.0 cm³/mol. The van der Waals surface area contributed by atoms with Crippen LogP contribution in [0.4, 0.5) is 5.69 Å². The summed E-state index contributed by atoms with van der Waals surface area (Å²) in [6.07, 6.45) is 1.58. The minimum Gasteiger partial charge on any atom is -0.489 e. The van der Waals surface area contributed by atoms with Crippen molar-refractivity contribution in [2.24, 2.45) is 0 Å². The fourth-order valence-electron chi connectivity index (χ4n) is 1.51. The first-order chi connectivity index (χ1) is 8.22. The highest BCUT2D eigenvalue weighted by Crippen LogP contribution is 2.29. The largest absolute Gasteiger partial charge is 0.489 e. The van der Waals surface area contributed by atoms with Gasteiger partial charge in [0.15, 0.2) is 5.75 Å². The minimum atomic E-state index is -0.488. The van der Waals surface area contributed by atoms with Gasteiger partial charge >= 0.3 is 0 Å². The number of fused-ring (bicyclic) bond motifs is 1. The highest BCUT2D eigenvalue weighted by Gasteiger charge is 2.12. The van der Waals surface area contributed by atoms with Crippen LogP contribution in [-0.4, -0.2) is 28.2 Å². The Morgan fingerprint density at radius 3 is 3.00 bits per heavy atom. The maximum atomic E-state index is 10.8. The standard InChI is InChI=1S/C11H10N2O4/c14-4-5-17-10-7-9(13(15)16)6-8-2-1-3-12-11(8)10/h1-3,6-7,14H,4-5H2. The van der Waals surface area contributed by atoms with Crippen molar-refractivity contribution >= 4 is 16.6 Å². The predicted octanol–water partition coefficient (Wildman–Crippen LogP) is 1.51. The van der Waals surface area contributed by atoms with Gasteiger partial charge in [-0.25, -0.2) is 0 Å². The number of nitro benzene ring substituents is 1. The topological polar surface area (TPSA) is 85.5 Å². The molecule has 2 rings (SSSR count). The van der Waals surface area contributed by atoms with Crippen molar-refractivity contribution < 1.29 is 14.8 Å². The van der Waals surface area contributed by atoms with Crippen LogP contribution in [0.25, 0.3) is 10.9 Å². The third-order valence-corrected chi connectivity index (χ3v) is 2.21. The molecule has 0 bridgehead atoms. The number of rotatable bonds is 4. The molecule has 0 atom stereocenters. The van der Waals surface area contributed by atoms with E-state index in [0.717, 1.165) is 0 Å². The van der Waals surface area contributed by atoms with Gasteiger partial charge in [-0.15, -0.1) is 0 Å². The molecule has 6 heteroatoms. The van der Waals surface area contributed by atoms with Crippen LogP contribution in [0.1, 0.15) is 0 Å². The van der Waals surface area contributed by atoms with Gasteiger partial charge in [0.1, 0.15) is 12.1 Å². The van der Waals surface area contributed by atoms with E-state index in [1.165, 1.54) is 12.1 Å². The van der Waals surface area contributed by atoms with Gasteiger partial charge in [-0.2, -0.15) is 0 Å². The van der Waals surface area contributed by atoms with Gasteiger partial charge in [0.05, 0.1) is 17.6 Å². The lowest BCUT2D eigenvalue weighted by atomic mass is 10.2. The van der Waals surface area contributed by atoms with E-state index < -0.39 is 4.92 Å². The quantitative estimate of drug-likeness (QED) is 0.640. The third-order valence-electron chi connectivity index (χ3n) is 2.21. The second-order valence-corrected chi connectivity index (χ2v) is 3.35. The van der Waals surface area contributed by atoms with Gasteiger partial charge in [-0.05, 0) is 6.07 Å². The highest BCUT2D eigenvalue weighted by molar-refractivity contribution is 5.86. The van der Waals surface area contributed by atoms with Crippen molar-refractivity contribution in [1.29, 1.82) is 0 Å². The maximum Gasteiger partial charge on any atom is 0.273 e. The highest BCUT2D eigenvalue weighted by atomic mass is 16.6. The van der Waals surface area contributed by atoms with Crippen LogP contribution in [-0.2, 0) is 0 Å². The molecular formula is C11H10N2O4. The zero-order chi connectivity index (χ0) is 12.3. The number of aromatic nitrogens is 1. The van der Waals surface area contributed by atoms with E-state index in [9.17, 15) is 10.1 Å². The summed E-state index contributed by atoms with van der Waals surface area (Å²) in [5, 5.41) is 20.1. The van der Waals surface area contributed by atoms with E-state index in [-0.39, 0.29) is 18.9 Å². The molecule has 1 aromatic heterocycles. The summed E-state index contributed by atoms with van der Waals surface area (Å²) in [7, 11) is 0. The van der Waals surface area contributed by atoms with E-state index >= 15 is 0 Å². The molecule has 6 nitrogen and oxygen atoms in total. The average Bonchev–Trinajstić information content (AvgIpc) is 2.35. The van der Waals surface area contributed by atoms with E-state index in [2.05, 4.69) is 4.98 Å². The maximum absolute atomic E-state index is 10.8. The summed E-state index contributed by atoms with van der Waals surface area (Å²) < 4.78 is 5.24. The molecule has 0 aliphatic heterocycles. The number of hydrogen-bond acceptors (Lipinski definition) is 5. The SMILES string of the molecule is O=[N+]([O-])c1cc(OCCO)c2ncccc2c1. The summed E-state index contributed by atoms with van der Waals surface area (Å²) in [5.41, 5.74) is 0.491. The normalized spacial score (nSPS) is 10.4. The van der Waals surface area contributed by atoms with Crippen molar-refractivity contribution in [3.05, 3.63) is 40.6 Å². The van der Waals surface area contributed by atoms with E-state index in [1.54, 1.807) is 18.3 Å². The molecule has 0 aliphatic rings. The molecule has 0 amide bonds. The lowest BCUT2D eigenvalue weighted by Crippen LogP contribution is -2.03. The van der Waals surface area contributed by atoms with Crippen LogP contribution in [0.2, 0.25) is 0 Å². The summed E-state index contributed by atoms with van der Waals surface area (Å²) in [6, 6.07) is 6.17. The van der Waals surface area contributed by atoms with Crippen molar-refractivity contribution in [2.45, 2.75) is 0 Å². The van der Waals surface area contributed by atoms with Crippen molar-refractivity contribution in [3.8, 4) is 5.75 Å². The number of aliphatic hydroxyl groups excluding tert-OH is 1. The molecular weight excluding hydrogens is 224 g/mol. The third kappa shape index (κ3) is 2.31. The van der Waals surface area contributed by atoms with E-state index in [0.29, 0.717) is 16.7 Å². The fourth-order valence-corrected chi connectivity index (χ4v) is 1.51. The second kappa shape index (κ2) is 4.75. The zero-order valence-corrected chi connectivity index (χ0v) is 8.87. The minimum absolute atomic E-state index is 0.0570. The number of ether oxygens (including phenoxy) is 1. The van der Waals surface area contributed by atoms with Gasteiger partial charge in [0.25, 0.3) is 5.69 Å². The molecule has 0 unspecified atom stereocenters. The summed E-state index contributed by atoms with van der Waals surface area (Å²) in [5.74, 6) is 0.309. The van der Waals surface area contributed by atoms with Crippen LogP contribution >= 0.6 is 0 Å². The van der Waals surface area contributed by atoms with Crippen molar-refractivity contribution in [1.82, 2.24) is 4.98 Å². The Morgan fingerprint density at radius 1 is 1.47 bits per heavy atom. The first-order valence-electron chi connectivity index (χ1n) is 4.99. The number of nitro groups is 1. The molecule has 1 heterocycles. The molecule has 0 saturated carbocycles. The summed E-state index contributed by atoms with van der Waals surface area (Å²) >= 11 is 0. The number of aliphatic hydroxyl groups is 1. The lowest BCUT2D eigenvalue weighted by Gasteiger charge is -2.07. The van der Waals surface area contributed by atoms with Crippen LogP contribution in [0.3, 0.4) is 0 Å².